The van der Waals surface area contributed by atoms with Crippen LogP contribution in [-0.2, 0) is 4.79 Å². The Morgan fingerprint density at radius 1 is 1.12 bits per heavy atom. The van der Waals surface area contributed by atoms with Crippen LogP contribution in [0.25, 0.3) is 23.0 Å². The van der Waals surface area contributed by atoms with Crippen molar-refractivity contribution in [2.75, 3.05) is 5.32 Å². The summed E-state index contributed by atoms with van der Waals surface area (Å²) < 4.78 is 19.2. The van der Waals surface area contributed by atoms with Gasteiger partial charge in [0.1, 0.15) is 17.3 Å². The average molecular weight is 349 g/mol. The number of benzene rings is 2. The third kappa shape index (κ3) is 2.77. The second kappa shape index (κ2) is 6.00. The van der Waals surface area contributed by atoms with E-state index < -0.39 is 11.8 Å². The van der Waals surface area contributed by atoms with Crippen molar-refractivity contribution in [3.8, 4) is 11.3 Å². The molecule has 0 atom stereocenters. The molecule has 0 saturated carbocycles. The fourth-order valence-electron chi connectivity index (χ4n) is 2.84. The monoisotopic (exact) mass is 349 g/mol. The maximum Gasteiger partial charge on any atom is 0.335 e. The van der Waals surface area contributed by atoms with Crippen LogP contribution in [0.3, 0.4) is 0 Å². The summed E-state index contributed by atoms with van der Waals surface area (Å²) >= 11 is 0. The number of hydrogen-bond donors (Lipinski definition) is 2. The van der Waals surface area contributed by atoms with Gasteiger partial charge in [0.25, 0.3) is 5.91 Å². The van der Waals surface area contributed by atoms with Crippen molar-refractivity contribution in [3.63, 3.8) is 0 Å². The van der Waals surface area contributed by atoms with E-state index in [-0.39, 0.29) is 11.5 Å². The predicted octanol–water partition coefficient (Wildman–Crippen LogP) is 4.28. The molecule has 1 amide bonds. The number of halogens is 1. The van der Waals surface area contributed by atoms with Gasteiger partial charge in [-0.3, -0.25) is 4.79 Å². The molecule has 26 heavy (non-hydrogen) atoms. The molecule has 2 aromatic carbocycles. The van der Waals surface area contributed by atoms with Crippen molar-refractivity contribution in [3.05, 3.63) is 77.3 Å². The standard InChI is InChI=1S/C20H12FNO4/c21-13-4-6-17-15(9-13)16(19(23)22-17)10-14-5-7-18(26-14)11-2-1-3-12(8-11)20(24)25/h1-10H,(H,22,23)(H,24,25). The van der Waals surface area contributed by atoms with Crippen LogP contribution >= 0.6 is 0 Å². The Morgan fingerprint density at radius 3 is 2.77 bits per heavy atom. The van der Waals surface area contributed by atoms with Crippen molar-refractivity contribution >= 4 is 29.2 Å². The first-order chi connectivity index (χ1) is 12.5. The molecule has 5 nitrogen and oxygen atoms in total. The Kier molecular flexibility index (Phi) is 3.65. The number of carboxylic acid groups (broad SMARTS) is 1. The van der Waals surface area contributed by atoms with Gasteiger partial charge in [0.15, 0.2) is 0 Å². The smallest absolute Gasteiger partial charge is 0.335 e. The summed E-state index contributed by atoms with van der Waals surface area (Å²) in [6.07, 6.45) is 1.53. The third-order valence-corrected chi connectivity index (χ3v) is 4.07. The number of amides is 1. The lowest BCUT2D eigenvalue weighted by atomic mass is 10.1. The molecule has 1 aliphatic rings. The molecule has 2 heterocycles. The molecule has 0 bridgehead atoms. The van der Waals surface area contributed by atoms with Crippen LogP contribution in [0.4, 0.5) is 10.1 Å². The number of nitrogens with one attached hydrogen (secondary N) is 1. The molecule has 4 rings (SSSR count). The number of rotatable bonds is 3. The molecule has 0 radical (unpaired) electrons. The predicted molar refractivity (Wildman–Crippen MR) is 94.0 cm³/mol. The van der Waals surface area contributed by atoms with Gasteiger partial charge in [0.05, 0.1) is 11.1 Å². The van der Waals surface area contributed by atoms with E-state index in [1.807, 2.05) is 0 Å². The van der Waals surface area contributed by atoms with Gasteiger partial charge in [-0.1, -0.05) is 12.1 Å². The molecule has 3 aromatic rings. The maximum atomic E-state index is 13.5. The molecular formula is C20H12FNO4. The van der Waals surface area contributed by atoms with Crippen LogP contribution in [0.1, 0.15) is 21.7 Å². The van der Waals surface area contributed by atoms with Gasteiger partial charge < -0.3 is 14.8 Å². The molecule has 6 heteroatoms. The van der Waals surface area contributed by atoms with Gasteiger partial charge in [-0.2, -0.15) is 0 Å². The quantitative estimate of drug-likeness (QED) is 0.692. The van der Waals surface area contributed by atoms with Gasteiger partial charge in [0, 0.05) is 16.8 Å². The first-order valence-electron chi connectivity index (χ1n) is 7.78. The van der Waals surface area contributed by atoms with E-state index in [0.29, 0.717) is 33.9 Å². The lowest BCUT2D eigenvalue weighted by Crippen LogP contribution is -2.03. The van der Waals surface area contributed by atoms with Crippen LogP contribution in [0.5, 0.6) is 0 Å². The molecule has 0 aliphatic carbocycles. The van der Waals surface area contributed by atoms with Crippen LogP contribution in [0, 0.1) is 5.82 Å². The van der Waals surface area contributed by atoms with Crippen molar-refractivity contribution in [2.24, 2.45) is 0 Å². The average Bonchev–Trinajstić information content (AvgIpc) is 3.21. The normalized spacial score (nSPS) is 14.3. The summed E-state index contributed by atoms with van der Waals surface area (Å²) in [6.45, 7) is 0. The Labute approximate surface area is 147 Å². The summed E-state index contributed by atoms with van der Waals surface area (Å²) in [7, 11) is 0. The van der Waals surface area contributed by atoms with Gasteiger partial charge in [-0.05, 0) is 48.5 Å². The third-order valence-electron chi connectivity index (χ3n) is 4.07. The molecule has 0 fully saturated rings. The largest absolute Gasteiger partial charge is 0.478 e. The first-order valence-corrected chi connectivity index (χ1v) is 7.78. The number of carbonyl (C=O) groups excluding carboxylic acids is 1. The van der Waals surface area contributed by atoms with Crippen LogP contribution < -0.4 is 5.32 Å². The Balaban J connectivity index is 1.71. The van der Waals surface area contributed by atoms with E-state index in [1.54, 1.807) is 24.3 Å². The Hall–Kier alpha value is -3.67. The minimum Gasteiger partial charge on any atom is -0.478 e. The lowest BCUT2D eigenvalue weighted by molar-refractivity contribution is -0.110. The Morgan fingerprint density at radius 2 is 1.96 bits per heavy atom. The van der Waals surface area contributed by atoms with Crippen LogP contribution in [0.15, 0.2) is 59.0 Å². The Bertz CT molecular complexity index is 1080. The summed E-state index contributed by atoms with van der Waals surface area (Å²) in [5, 5.41) is 11.8. The van der Waals surface area contributed by atoms with E-state index >= 15 is 0 Å². The molecule has 128 valence electrons. The molecule has 0 spiro atoms. The second-order valence-corrected chi connectivity index (χ2v) is 5.79. The van der Waals surface area contributed by atoms with Gasteiger partial charge in [-0.25, -0.2) is 9.18 Å². The number of carbonyl (C=O) groups is 2. The van der Waals surface area contributed by atoms with Gasteiger partial charge >= 0.3 is 5.97 Å². The number of carboxylic acids is 1. The SMILES string of the molecule is O=C1Nc2ccc(F)cc2C1=Cc1ccc(-c2cccc(C(=O)O)c2)o1. The topological polar surface area (TPSA) is 79.5 Å². The van der Waals surface area contributed by atoms with Crippen molar-refractivity contribution in [1.82, 2.24) is 0 Å². The number of anilines is 1. The highest BCUT2D eigenvalue weighted by molar-refractivity contribution is 6.34. The minimum atomic E-state index is -1.03. The zero-order chi connectivity index (χ0) is 18.3. The highest BCUT2D eigenvalue weighted by Crippen LogP contribution is 2.34. The van der Waals surface area contributed by atoms with Crippen LogP contribution in [-0.4, -0.2) is 17.0 Å². The zero-order valence-corrected chi connectivity index (χ0v) is 13.3. The van der Waals surface area contributed by atoms with Gasteiger partial charge in [-0.15, -0.1) is 0 Å². The summed E-state index contributed by atoms with van der Waals surface area (Å²) in [6, 6.07) is 13.8. The van der Waals surface area contributed by atoms with E-state index in [2.05, 4.69) is 5.32 Å². The minimum absolute atomic E-state index is 0.151. The van der Waals surface area contributed by atoms with E-state index in [9.17, 15) is 14.0 Å². The number of aromatic carboxylic acids is 1. The summed E-state index contributed by atoms with van der Waals surface area (Å²) in [4.78, 5) is 23.2. The summed E-state index contributed by atoms with van der Waals surface area (Å²) in [5.74, 6) is -0.920. The fourth-order valence-corrected chi connectivity index (χ4v) is 2.84. The van der Waals surface area contributed by atoms with E-state index in [1.165, 1.54) is 36.4 Å². The highest BCUT2D eigenvalue weighted by atomic mass is 19.1. The van der Waals surface area contributed by atoms with Crippen molar-refractivity contribution in [1.29, 1.82) is 0 Å². The fraction of sp³-hybridized carbons (Fsp3) is 0. The molecule has 0 unspecified atom stereocenters. The maximum absolute atomic E-state index is 13.5. The summed E-state index contributed by atoms with van der Waals surface area (Å²) in [5.41, 5.74) is 2.08. The van der Waals surface area contributed by atoms with E-state index in [4.69, 9.17) is 9.52 Å². The molecule has 1 aliphatic heterocycles. The molecule has 2 N–H and O–H groups in total. The molecule has 0 saturated heterocycles. The van der Waals surface area contributed by atoms with Gasteiger partial charge in [0.2, 0.25) is 0 Å². The molecule has 1 aromatic heterocycles. The molecular weight excluding hydrogens is 337 g/mol. The highest BCUT2D eigenvalue weighted by Gasteiger charge is 2.25. The zero-order valence-electron chi connectivity index (χ0n) is 13.3. The lowest BCUT2D eigenvalue weighted by Gasteiger charge is -1.99. The van der Waals surface area contributed by atoms with Crippen LogP contribution in [0.2, 0.25) is 0 Å². The second-order valence-electron chi connectivity index (χ2n) is 5.79. The number of fused-ring (bicyclic) bond motifs is 1. The number of furan rings is 1. The van der Waals surface area contributed by atoms with Crippen molar-refractivity contribution < 1.29 is 23.5 Å². The van der Waals surface area contributed by atoms with Crippen molar-refractivity contribution in [2.45, 2.75) is 0 Å². The first kappa shape index (κ1) is 15.8. The van der Waals surface area contributed by atoms with E-state index in [0.717, 1.165) is 0 Å². The number of hydrogen-bond acceptors (Lipinski definition) is 3.